The highest BCUT2D eigenvalue weighted by Gasteiger charge is 2.24. The van der Waals surface area contributed by atoms with Crippen molar-refractivity contribution in [3.05, 3.63) is 88.4 Å². The number of nitrogens with one attached hydrogen (secondary N) is 1. The van der Waals surface area contributed by atoms with Crippen molar-refractivity contribution in [2.24, 2.45) is 0 Å². The van der Waals surface area contributed by atoms with Crippen LogP contribution in [0.5, 0.6) is 5.75 Å². The molecule has 1 aliphatic rings. The molecule has 0 spiro atoms. The molecule has 8 nitrogen and oxygen atoms in total. The van der Waals surface area contributed by atoms with Gasteiger partial charge in [0.2, 0.25) is 0 Å². The number of furan rings is 1. The summed E-state index contributed by atoms with van der Waals surface area (Å²) in [5.41, 5.74) is 3.60. The molecule has 1 N–H and O–H groups in total. The predicted molar refractivity (Wildman–Crippen MR) is 138 cm³/mol. The van der Waals surface area contributed by atoms with Gasteiger partial charge in [-0.1, -0.05) is 6.07 Å². The Hall–Kier alpha value is -3.91. The van der Waals surface area contributed by atoms with Gasteiger partial charge in [0.25, 0.3) is 11.5 Å². The van der Waals surface area contributed by atoms with Crippen LogP contribution in [0.25, 0.3) is 16.6 Å². The van der Waals surface area contributed by atoms with Crippen molar-refractivity contribution < 1.29 is 13.9 Å². The highest BCUT2D eigenvalue weighted by atomic mass is 16.5. The van der Waals surface area contributed by atoms with Gasteiger partial charge in [0.15, 0.2) is 0 Å². The molecule has 2 aromatic carbocycles. The van der Waals surface area contributed by atoms with E-state index in [1.807, 2.05) is 25.1 Å². The first-order chi connectivity index (χ1) is 17.5. The van der Waals surface area contributed by atoms with E-state index >= 15 is 0 Å². The number of carbonyl (C=O) groups is 1. The van der Waals surface area contributed by atoms with Gasteiger partial charge < -0.3 is 19.4 Å². The third kappa shape index (κ3) is 5.49. The van der Waals surface area contributed by atoms with E-state index in [1.54, 1.807) is 36.8 Å². The summed E-state index contributed by atoms with van der Waals surface area (Å²) < 4.78 is 12.6. The van der Waals surface area contributed by atoms with Crippen LogP contribution in [0.1, 0.15) is 40.7 Å². The number of amides is 1. The van der Waals surface area contributed by atoms with Gasteiger partial charge in [-0.25, -0.2) is 4.98 Å². The van der Waals surface area contributed by atoms with E-state index in [4.69, 9.17) is 9.15 Å². The van der Waals surface area contributed by atoms with Crippen LogP contribution in [0.4, 0.5) is 0 Å². The Balaban J connectivity index is 1.29. The molecule has 5 rings (SSSR count). The topological polar surface area (TPSA) is 89.6 Å². The summed E-state index contributed by atoms with van der Waals surface area (Å²) in [7, 11) is 2.06. The number of rotatable bonds is 10. The van der Waals surface area contributed by atoms with E-state index in [9.17, 15) is 9.59 Å². The summed E-state index contributed by atoms with van der Waals surface area (Å²) in [5.74, 6) is 0.512. The lowest BCUT2D eigenvalue weighted by atomic mass is 10.1. The van der Waals surface area contributed by atoms with Crippen LogP contribution in [-0.2, 0) is 6.54 Å². The van der Waals surface area contributed by atoms with Gasteiger partial charge in [-0.3, -0.25) is 14.2 Å². The summed E-state index contributed by atoms with van der Waals surface area (Å²) in [6, 6.07) is 13.0. The Bertz CT molecular complexity index is 1420. The van der Waals surface area contributed by atoms with Crippen LogP contribution in [0.2, 0.25) is 0 Å². The molecule has 1 amide bonds. The molecule has 1 saturated carbocycles. The van der Waals surface area contributed by atoms with E-state index in [0.717, 1.165) is 43.5 Å². The number of benzene rings is 2. The average Bonchev–Trinajstić information content (AvgIpc) is 3.54. The van der Waals surface area contributed by atoms with E-state index in [2.05, 4.69) is 22.2 Å². The zero-order chi connectivity index (χ0) is 25.1. The summed E-state index contributed by atoms with van der Waals surface area (Å²) in [4.78, 5) is 32.7. The Labute approximate surface area is 209 Å². The maximum atomic E-state index is 13.4. The number of aryl methyl sites for hydroxylation is 1. The van der Waals surface area contributed by atoms with Gasteiger partial charge in [0.05, 0.1) is 35.7 Å². The molecule has 0 bridgehead atoms. The van der Waals surface area contributed by atoms with Crippen molar-refractivity contribution in [3.63, 3.8) is 0 Å². The number of hydrogen-bond donors (Lipinski definition) is 1. The molecular formula is C28H30N4O4. The summed E-state index contributed by atoms with van der Waals surface area (Å²) >= 11 is 0. The van der Waals surface area contributed by atoms with Crippen LogP contribution in [0.15, 0.2) is 70.5 Å². The van der Waals surface area contributed by atoms with Crippen LogP contribution in [0, 0.1) is 6.92 Å². The lowest BCUT2D eigenvalue weighted by molar-refractivity contribution is 0.0951. The second-order valence-electron chi connectivity index (χ2n) is 9.42. The van der Waals surface area contributed by atoms with Crippen LogP contribution < -0.4 is 15.6 Å². The van der Waals surface area contributed by atoms with Crippen molar-refractivity contribution in [1.82, 2.24) is 19.8 Å². The minimum atomic E-state index is -0.201. The fraction of sp³-hybridized carbons (Fsp3) is 0.321. The lowest BCUT2D eigenvalue weighted by Gasteiger charge is -2.16. The van der Waals surface area contributed by atoms with Crippen molar-refractivity contribution in [2.75, 3.05) is 20.2 Å². The van der Waals surface area contributed by atoms with Crippen molar-refractivity contribution in [1.29, 1.82) is 0 Å². The van der Waals surface area contributed by atoms with E-state index in [0.29, 0.717) is 34.5 Å². The fourth-order valence-electron chi connectivity index (χ4n) is 4.17. The number of aromatic nitrogens is 2. The summed E-state index contributed by atoms with van der Waals surface area (Å²) in [5, 5.41) is 3.47. The first-order valence-electron chi connectivity index (χ1n) is 12.2. The second kappa shape index (κ2) is 10.4. The molecule has 0 unspecified atom stereocenters. The number of nitrogens with zero attached hydrogens (tertiary/aromatic N) is 3. The smallest absolute Gasteiger partial charge is 0.265 e. The quantitative estimate of drug-likeness (QED) is 0.340. The van der Waals surface area contributed by atoms with Gasteiger partial charge in [0.1, 0.15) is 12.1 Å². The van der Waals surface area contributed by atoms with E-state index in [-0.39, 0.29) is 17.5 Å². The van der Waals surface area contributed by atoms with Gasteiger partial charge in [-0.2, -0.15) is 0 Å². The molecule has 0 atom stereocenters. The molecule has 2 heterocycles. The molecule has 186 valence electrons. The second-order valence-corrected chi connectivity index (χ2v) is 9.42. The molecule has 4 aromatic rings. The van der Waals surface area contributed by atoms with Crippen LogP contribution in [-0.4, -0.2) is 46.6 Å². The minimum Gasteiger partial charge on any atom is -0.494 e. The molecule has 1 fully saturated rings. The lowest BCUT2D eigenvalue weighted by Crippen LogP contribution is -2.26. The Morgan fingerprint density at radius 1 is 1.22 bits per heavy atom. The number of fused-ring (bicyclic) bond motifs is 1. The summed E-state index contributed by atoms with van der Waals surface area (Å²) in [6.45, 7) is 4.14. The average molecular weight is 487 g/mol. The molecule has 0 aliphatic heterocycles. The summed E-state index contributed by atoms with van der Waals surface area (Å²) in [6.07, 6.45) is 7.84. The Morgan fingerprint density at radius 3 is 2.86 bits per heavy atom. The third-order valence-electron chi connectivity index (χ3n) is 6.36. The first kappa shape index (κ1) is 23.8. The number of hydrogen-bond acceptors (Lipinski definition) is 6. The molecule has 1 aliphatic carbocycles. The minimum absolute atomic E-state index is 0.119. The highest BCUT2D eigenvalue weighted by molar-refractivity contribution is 5.95. The normalized spacial score (nSPS) is 13.3. The van der Waals surface area contributed by atoms with Crippen LogP contribution in [0.3, 0.4) is 0 Å². The Kier molecular flexibility index (Phi) is 6.86. The monoisotopic (exact) mass is 486 g/mol. The molecule has 8 heteroatoms. The standard InChI is InChI=1S/C28H30N4O4/c1-19-4-5-21(27(33)30-22-6-7-22)14-26(19)32-18-29-25-9-8-23(15-24(25)28(32)34)36-12-3-11-31(2)16-20-10-13-35-17-20/h4-5,8-10,13-15,17-18,22H,3,6-7,11-12,16H2,1-2H3,(H,30,33). The molecule has 36 heavy (non-hydrogen) atoms. The SMILES string of the molecule is Cc1ccc(C(=O)NC2CC2)cc1-n1cnc2ccc(OCCCN(C)Cc3ccoc3)cc2c1=O. The van der Waals surface area contributed by atoms with Crippen molar-refractivity contribution >= 4 is 16.8 Å². The molecule has 2 aromatic heterocycles. The molecule has 0 radical (unpaired) electrons. The molecule has 0 saturated heterocycles. The van der Waals surface area contributed by atoms with Gasteiger partial charge >= 0.3 is 0 Å². The fourth-order valence-corrected chi connectivity index (χ4v) is 4.17. The van der Waals surface area contributed by atoms with E-state index < -0.39 is 0 Å². The maximum Gasteiger partial charge on any atom is 0.265 e. The molecular weight excluding hydrogens is 456 g/mol. The predicted octanol–water partition coefficient (Wildman–Crippen LogP) is 4.08. The number of carbonyl (C=O) groups excluding carboxylic acids is 1. The van der Waals surface area contributed by atoms with Gasteiger partial charge in [0, 0.05) is 30.3 Å². The van der Waals surface area contributed by atoms with E-state index in [1.165, 1.54) is 10.9 Å². The Morgan fingerprint density at radius 2 is 2.08 bits per heavy atom. The largest absolute Gasteiger partial charge is 0.494 e. The van der Waals surface area contributed by atoms with Crippen molar-refractivity contribution in [3.8, 4) is 11.4 Å². The van der Waals surface area contributed by atoms with Gasteiger partial charge in [-0.05, 0) is 75.2 Å². The zero-order valence-corrected chi connectivity index (χ0v) is 20.6. The first-order valence-corrected chi connectivity index (χ1v) is 12.2. The number of ether oxygens (including phenoxy) is 1. The van der Waals surface area contributed by atoms with Crippen molar-refractivity contribution in [2.45, 2.75) is 38.8 Å². The third-order valence-corrected chi connectivity index (χ3v) is 6.36. The van der Waals surface area contributed by atoms with Gasteiger partial charge in [-0.15, -0.1) is 0 Å². The maximum absolute atomic E-state index is 13.4. The highest BCUT2D eigenvalue weighted by Crippen LogP contribution is 2.22. The zero-order valence-electron chi connectivity index (χ0n) is 20.6. The van der Waals surface area contributed by atoms with Crippen LogP contribution >= 0.6 is 0 Å².